The highest BCUT2D eigenvalue weighted by atomic mass is 16.6. The molecule has 0 spiro atoms. The standard InChI is InChI=1S/C21H26O6/c1-2-21(14-6-12-5-13(8-14)9-15(21)7-12)27-19(23)11-26-16-3-4-18(22)17(10-16)20(24)25/h3-4,10,12-15,22H,2,5-9,11H2,1H3,(H,24,25). The van der Waals surface area contributed by atoms with Crippen LogP contribution in [0.3, 0.4) is 0 Å². The molecule has 5 rings (SSSR count). The van der Waals surface area contributed by atoms with Crippen LogP contribution in [0.1, 0.15) is 55.8 Å². The van der Waals surface area contributed by atoms with Crippen LogP contribution < -0.4 is 4.74 Å². The Morgan fingerprint density at radius 3 is 2.30 bits per heavy atom. The van der Waals surface area contributed by atoms with Gasteiger partial charge >= 0.3 is 11.9 Å². The molecule has 1 aromatic carbocycles. The monoisotopic (exact) mass is 374 g/mol. The van der Waals surface area contributed by atoms with Crippen LogP contribution in [0.4, 0.5) is 0 Å². The van der Waals surface area contributed by atoms with Crippen LogP contribution in [0.2, 0.25) is 0 Å². The number of hydrogen-bond donors (Lipinski definition) is 2. The summed E-state index contributed by atoms with van der Waals surface area (Å²) in [5.74, 6) is 0.731. The van der Waals surface area contributed by atoms with E-state index in [1.807, 2.05) is 0 Å². The largest absolute Gasteiger partial charge is 0.507 e. The van der Waals surface area contributed by atoms with Gasteiger partial charge in [0, 0.05) is 0 Å². The summed E-state index contributed by atoms with van der Waals surface area (Å²) in [7, 11) is 0. The average Bonchev–Trinajstić information content (AvgIpc) is 2.63. The lowest BCUT2D eigenvalue weighted by molar-refractivity contribution is -0.212. The van der Waals surface area contributed by atoms with E-state index in [1.165, 1.54) is 24.6 Å². The second kappa shape index (κ2) is 6.73. The van der Waals surface area contributed by atoms with Crippen molar-refractivity contribution in [1.29, 1.82) is 0 Å². The Hall–Kier alpha value is -2.24. The number of aromatic carboxylic acids is 1. The summed E-state index contributed by atoms with van der Waals surface area (Å²) >= 11 is 0. The number of phenols is 1. The average molecular weight is 374 g/mol. The van der Waals surface area contributed by atoms with E-state index in [2.05, 4.69) is 6.92 Å². The second-order valence-corrected chi connectivity index (χ2v) is 8.36. The number of rotatable bonds is 6. The molecule has 4 saturated carbocycles. The van der Waals surface area contributed by atoms with Gasteiger partial charge in [-0.05, 0) is 80.4 Å². The molecule has 0 aromatic heterocycles. The Balaban J connectivity index is 1.42. The van der Waals surface area contributed by atoms with Crippen molar-refractivity contribution in [2.24, 2.45) is 23.7 Å². The molecule has 4 aliphatic carbocycles. The topological polar surface area (TPSA) is 93.1 Å². The molecule has 6 heteroatoms. The first kappa shape index (κ1) is 18.1. The van der Waals surface area contributed by atoms with Crippen LogP contribution >= 0.6 is 0 Å². The van der Waals surface area contributed by atoms with Crippen molar-refractivity contribution in [2.45, 2.75) is 51.0 Å². The molecule has 0 atom stereocenters. The summed E-state index contributed by atoms with van der Waals surface area (Å²) in [4.78, 5) is 23.6. The highest BCUT2D eigenvalue weighted by molar-refractivity contribution is 5.91. The van der Waals surface area contributed by atoms with Gasteiger partial charge in [-0.3, -0.25) is 0 Å². The van der Waals surface area contributed by atoms with Gasteiger partial charge in [-0.2, -0.15) is 0 Å². The SMILES string of the molecule is CCC1(OC(=O)COc2ccc(O)c(C(=O)O)c2)C2CC3CC(C2)CC1C3. The van der Waals surface area contributed by atoms with Crippen molar-refractivity contribution < 1.29 is 29.3 Å². The third kappa shape index (κ3) is 3.15. The molecule has 4 fully saturated rings. The van der Waals surface area contributed by atoms with Crippen molar-refractivity contribution in [3.8, 4) is 11.5 Å². The number of benzene rings is 1. The number of carbonyl (C=O) groups excluding carboxylic acids is 1. The number of ether oxygens (including phenoxy) is 2. The summed E-state index contributed by atoms with van der Waals surface area (Å²) in [6.45, 7) is 1.84. The predicted molar refractivity (Wildman–Crippen MR) is 96.7 cm³/mol. The molecular weight excluding hydrogens is 348 g/mol. The lowest BCUT2D eigenvalue weighted by Gasteiger charge is -2.60. The van der Waals surface area contributed by atoms with Crippen LogP contribution in [0.25, 0.3) is 0 Å². The number of carbonyl (C=O) groups is 2. The molecule has 4 bridgehead atoms. The summed E-state index contributed by atoms with van der Waals surface area (Å²) in [6.07, 6.45) is 6.82. The number of hydrogen-bond acceptors (Lipinski definition) is 5. The molecule has 6 nitrogen and oxygen atoms in total. The van der Waals surface area contributed by atoms with E-state index in [-0.39, 0.29) is 29.3 Å². The van der Waals surface area contributed by atoms with E-state index in [0.717, 1.165) is 43.9 Å². The minimum absolute atomic E-state index is 0.220. The van der Waals surface area contributed by atoms with Crippen LogP contribution in [-0.2, 0) is 9.53 Å². The second-order valence-electron chi connectivity index (χ2n) is 8.36. The van der Waals surface area contributed by atoms with Crippen LogP contribution in [-0.4, -0.2) is 34.4 Å². The Morgan fingerprint density at radius 2 is 1.74 bits per heavy atom. The van der Waals surface area contributed by atoms with Gasteiger partial charge in [0.15, 0.2) is 6.61 Å². The molecular formula is C21H26O6. The maximum absolute atomic E-state index is 12.5. The molecule has 146 valence electrons. The minimum atomic E-state index is -1.25. The third-order valence-electron chi connectivity index (χ3n) is 6.93. The Labute approximate surface area is 158 Å². The molecule has 1 aromatic rings. The smallest absolute Gasteiger partial charge is 0.344 e. The van der Waals surface area contributed by atoms with E-state index in [9.17, 15) is 14.7 Å². The van der Waals surface area contributed by atoms with Gasteiger partial charge in [0.25, 0.3) is 0 Å². The fourth-order valence-electron chi connectivity index (χ4n) is 5.96. The maximum Gasteiger partial charge on any atom is 0.344 e. The molecule has 0 heterocycles. The fourth-order valence-corrected chi connectivity index (χ4v) is 5.96. The fraction of sp³-hybridized carbons (Fsp3) is 0.619. The molecule has 27 heavy (non-hydrogen) atoms. The van der Waals surface area contributed by atoms with Crippen LogP contribution in [0.5, 0.6) is 11.5 Å². The lowest BCUT2D eigenvalue weighted by atomic mass is 9.49. The van der Waals surface area contributed by atoms with E-state index in [0.29, 0.717) is 11.8 Å². The normalized spacial score (nSPS) is 33.7. The van der Waals surface area contributed by atoms with E-state index >= 15 is 0 Å². The van der Waals surface area contributed by atoms with Crippen molar-refractivity contribution in [2.75, 3.05) is 6.61 Å². The zero-order valence-electron chi connectivity index (χ0n) is 15.5. The van der Waals surface area contributed by atoms with Gasteiger partial charge in [0.1, 0.15) is 22.7 Å². The van der Waals surface area contributed by atoms with E-state index < -0.39 is 11.9 Å². The van der Waals surface area contributed by atoms with Crippen molar-refractivity contribution in [1.82, 2.24) is 0 Å². The molecule has 0 aliphatic heterocycles. The Morgan fingerprint density at radius 1 is 1.11 bits per heavy atom. The van der Waals surface area contributed by atoms with Crippen molar-refractivity contribution in [3.63, 3.8) is 0 Å². The maximum atomic E-state index is 12.5. The van der Waals surface area contributed by atoms with Crippen LogP contribution in [0.15, 0.2) is 18.2 Å². The summed E-state index contributed by atoms with van der Waals surface area (Å²) in [6, 6.07) is 3.90. The molecule has 2 N–H and O–H groups in total. The number of carboxylic acid groups (broad SMARTS) is 1. The van der Waals surface area contributed by atoms with Gasteiger partial charge in [-0.15, -0.1) is 0 Å². The molecule has 0 saturated heterocycles. The summed E-state index contributed by atoms with van der Waals surface area (Å²) in [5.41, 5.74) is -0.623. The van der Waals surface area contributed by atoms with E-state index in [4.69, 9.17) is 14.6 Å². The first-order chi connectivity index (χ1) is 12.9. The predicted octanol–water partition coefficient (Wildman–Crippen LogP) is 3.62. The first-order valence-electron chi connectivity index (χ1n) is 9.82. The van der Waals surface area contributed by atoms with Crippen molar-refractivity contribution >= 4 is 11.9 Å². The van der Waals surface area contributed by atoms with Crippen molar-refractivity contribution in [3.05, 3.63) is 23.8 Å². The molecule has 0 amide bonds. The van der Waals surface area contributed by atoms with Gasteiger partial charge in [-0.25, -0.2) is 9.59 Å². The lowest BCUT2D eigenvalue weighted by Crippen LogP contribution is -2.59. The van der Waals surface area contributed by atoms with Gasteiger partial charge < -0.3 is 19.7 Å². The zero-order valence-corrected chi connectivity index (χ0v) is 15.5. The first-order valence-corrected chi connectivity index (χ1v) is 9.82. The third-order valence-corrected chi connectivity index (χ3v) is 6.93. The van der Waals surface area contributed by atoms with Gasteiger partial charge in [-0.1, -0.05) is 6.92 Å². The zero-order chi connectivity index (χ0) is 19.2. The minimum Gasteiger partial charge on any atom is -0.507 e. The quantitative estimate of drug-likeness (QED) is 0.739. The molecule has 0 unspecified atom stereocenters. The number of carboxylic acids is 1. The summed E-state index contributed by atoms with van der Waals surface area (Å²) in [5, 5.41) is 18.6. The summed E-state index contributed by atoms with van der Waals surface area (Å²) < 4.78 is 11.5. The van der Waals surface area contributed by atoms with Gasteiger partial charge in [0.2, 0.25) is 0 Å². The van der Waals surface area contributed by atoms with Gasteiger partial charge in [0.05, 0.1) is 0 Å². The highest BCUT2D eigenvalue weighted by Gasteiger charge is 2.58. The highest BCUT2D eigenvalue weighted by Crippen LogP contribution is 2.60. The molecule has 4 aliphatic rings. The molecule has 0 radical (unpaired) electrons. The van der Waals surface area contributed by atoms with Crippen LogP contribution in [0, 0.1) is 23.7 Å². The Kier molecular flexibility index (Phi) is 4.52. The number of aromatic hydroxyl groups is 1. The number of esters is 1. The van der Waals surface area contributed by atoms with E-state index in [1.54, 1.807) is 0 Å². The Bertz CT molecular complexity index is 727.